The summed E-state index contributed by atoms with van der Waals surface area (Å²) in [4.78, 5) is 25.6. The van der Waals surface area contributed by atoms with E-state index in [4.69, 9.17) is 25.8 Å². The SMILES string of the molecule is CCOc1cc(OCc2ccc(OC)cc2)ncc1-c1ncc(NC(=O)Nc2ccc(Cl)c(C(F)(F)F)c2)c(C)n1. The van der Waals surface area contributed by atoms with Crippen molar-refractivity contribution >= 4 is 29.0 Å². The van der Waals surface area contributed by atoms with Crippen LogP contribution in [0.2, 0.25) is 5.02 Å². The molecular formula is C28H25ClF3N5O4. The molecule has 2 N–H and O–H groups in total. The van der Waals surface area contributed by atoms with Crippen LogP contribution in [0.1, 0.15) is 23.7 Å². The zero-order valence-electron chi connectivity index (χ0n) is 22.2. The standard InChI is InChI=1S/C28H25ClF3N5O4/c1-4-40-24-12-25(41-15-17-5-8-19(39-3)9-6-17)33-13-20(24)26-34-14-23(16(2)35-26)37-27(38)36-18-7-10-22(29)21(11-18)28(30,31)32/h5-14H,4,15H2,1-3H3,(H2,36,37,38). The maximum Gasteiger partial charge on any atom is 0.417 e. The number of hydrogen-bond acceptors (Lipinski definition) is 7. The number of amides is 2. The number of ether oxygens (including phenoxy) is 3. The molecule has 0 radical (unpaired) electrons. The van der Waals surface area contributed by atoms with E-state index in [1.165, 1.54) is 18.5 Å². The molecule has 0 saturated carbocycles. The Balaban J connectivity index is 1.46. The van der Waals surface area contributed by atoms with Crippen LogP contribution in [0.15, 0.2) is 60.9 Å². The Morgan fingerprint density at radius 1 is 1.00 bits per heavy atom. The molecule has 0 fully saturated rings. The number of anilines is 2. The predicted molar refractivity (Wildman–Crippen MR) is 148 cm³/mol. The minimum Gasteiger partial charge on any atom is -0.497 e. The first-order chi connectivity index (χ1) is 19.6. The fourth-order valence-electron chi connectivity index (χ4n) is 3.64. The number of pyridine rings is 1. The van der Waals surface area contributed by atoms with Gasteiger partial charge in [0.1, 0.15) is 18.1 Å². The number of nitrogens with one attached hydrogen (secondary N) is 2. The summed E-state index contributed by atoms with van der Waals surface area (Å²) >= 11 is 5.63. The number of urea groups is 1. The monoisotopic (exact) mass is 587 g/mol. The highest BCUT2D eigenvalue weighted by atomic mass is 35.5. The third-order valence-electron chi connectivity index (χ3n) is 5.68. The van der Waals surface area contributed by atoms with Crippen molar-refractivity contribution < 1.29 is 32.2 Å². The highest BCUT2D eigenvalue weighted by molar-refractivity contribution is 6.31. The predicted octanol–water partition coefficient (Wildman–Crippen LogP) is 7.15. The number of hydrogen-bond donors (Lipinski definition) is 2. The van der Waals surface area contributed by atoms with Crippen LogP contribution in [0.3, 0.4) is 0 Å². The molecule has 2 aromatic heterocycles. The molecule has 41 heavy (non-hydrogen) atoms. The van der Waals surface area contributed by atoms with E-state index in [0.717, 1.165) is 23.4 Å². The van der Waals surface area contributed by atoms with Crippen LogP contribution < -0.4 is 24.8 Å². The van der Waals surface area contributed by atoms with Crippen molar-refractivity contribution in [3.63, 3.8) is 0 Å². The second kappa shape index (κ2) is 12.7. The number of aromatic nitrogens is 3. The highest BCUT2D eigenvalue weighted by Gasteiger charge is 2.33. The number of methoxy groups -OCH3 is 1. The van der Waals surface area contributed by atoms with Gasteiger partial charge in [-0.1, -0.05) is 23.7 Å². The van der Waals surface area contributed by atoms with Crippen LogP contribution in [-0.2, 0) is 12.8 Å². The average Bonchev–Trinajstić information content (AvgIpc) is 2.94. The fourth-order valence-corrected chi connectivity index (χ4v) is 3.87. The van der Waals surface area contributed by atoms with Crippen molar-refractivity contribution in [2.24, 2.45) is 0 Å². The van der Waals surface area contributed by atoms with Gasteiger partial charge in [-0.2, -0.15) is 13.2 Å². The lowest BCUT2D eigenvalue weighted by Gasteiger charge is -2.14. The molecule has 0 aliphatic carbocycles. The van der Waals surface area contributed by atoms with Crippen LogP contribution in [0.5, 0.6) is 17.4 Å². The quantitative estimate of drug-likeness (QED) is 0.214. The van der Waals surface area contributed by atoms with E-state index in [0.29, 0.717) is 35.3 Å². The molecule has 0 atom stereocenters. The van der Waals surface area contributed by atoms with Gasteiger partial charge in [0.15, 0.2) is 5.82 Å². The van der Waals surface area contributed by atoms with Crippen LogP contribution >= 0.6 is 11.6 Å². The maximum atomic E-state index is 13.1. The van der Waals surface area contributed by atoms with Gasteiger partial charge in [-0.25, -0.2) is 19.7 Å². The van der Waals surface area contributed by atoms with Gasteiger partial charge in [-0.05, 0) is 49.7 Å². The zero-order chi connectivity index (χ0) is 29.6. The fraction of sp³-hybridized carbons (Fsp3) is 0.214. The molecule has 4 aromatic rings. The molecule has 4 rings (SSSR count). The van der Waals surface area contributed by atoms with Gasteiger partial charge in [0.2, 0.25) is 5.88 Å². The third kappa shape index (κ3) is 7.54. The lowest BCUT2D eigenvalue weighted by molar-refractivity contribution is -0.137. The molecule has 0 spiro atoms. The molecule has 0 saturated heterocycles. The maximum absolute atomic E-state index is 13.1. The van der Waals surface area contributed by atoms with Crippen molar-refractivity contribution in [3.8, 4) is 28.8 Å². The Morgan fingerprint density at radius 3 is 2.41 bits per heavy atom. The second-order valence-corrected chi connectivity index (χ2v) is 8.96. The van der Waals surface area contributed by atoms with Gasteiger partial charge >= 0.3 is 12.2 Å². The summed E-state index contributed by atoms with van der Waals surface area (Å²) in [5.41, 5.74) is 0.940. The third-order valence-corrected chi connectivity index (χ3v) is 6.01. The van der Waals surface area contributed by atoms with E-state index in [-0.39, 0.29) is 18.0 Å². The van der Waals surface area contributed by atoms with E-state index in [9.17, 15) is 18.0 Å². The number of carbonyl (C=O) groups is 1. The van der Waals surface area contributed by atoms with Crippen LogP contribution in [-0.4, -0.2) is 34.7 Å². The first kappa shape index (κ1) is 29.4. The van der Waals surface area contributed by atoms with Crippen LogP contribution in [0.4, 0.5) is 29.3 Å². The summed E-state index contributed by atoms with van der Waals surface area (Å²) in [6, 6.07) is 11.4. The van der Waals surface area contributed by atoms with Crippen LogP contribution in [0, 0.1) is 6.92 Å². The van der Waals surface area contributed by atoms with Gasteiger partial charge in [0, 0.05) is 18.0 Å². The van der Waals surface area contributed by atoms with Gasteiger partial charge in [0.25, 0.3) is 0 Å². The molecule has 2 heterocycles. The summed E-state index contributed by atoms with van der Waals surface area (Å²) in [5.74, 6) is 1.83. The summed E-state index contributed by atoms with van der Waals surface area (Å²) in [6.45, 7) is 4.13. The highest BCUT2D eigenvalue weighted by Crippen LogP contribution is 2.36. The molecule has 9 nitrogen and oxygen atoms in total. The number of halogens is 4. The molecule has 2 amide bonds. The van der Waals surface area contributed by atoms with Gasteiger partial charge in [-0.15, -0.1) is 0 Å². The number of rotatable bonds is 9. The second-order valence-electron chi connectivity index (χ2n) is 8.55. The van der Waals surface area contributed by atoms with Gasteiger partial charge in [0.05, 0.1) is 47.4 Å². The molecule has 0 bridgehead atoms. The van der Waals surface area contributed by atoms with Crippen molar-refractivity contribution in [2.45, 2.75) is 26.6 Å². The van der Waals surface area contributed by atoms with Crippen LogP contribution in [0.25, 0.3) is 11.4 Å². The van der Waals surface area contributed by atoms with Gasteiger partial charge < -0.3 is 24.8 Å². The minimum atomic E-state index is -4.67. The first-order valence-electron chi connectivity index (χ1n) is 12.2. The summed E-state index contributed by atoms with van der Waals surface area (Å²) in [7, 11) is 1.60. The normalized spacial score (nSPS) is 11.1. The van der Waals surface area contributed by atoms with Crippen molar-refractivity contribution in [3.05, 3.63) is 82.8 Å². The summed E-state index contributed by atoms with van der Waals surface area (Å²) in [6.07, 6.45) is -1.76. The number of aryl methyl sites for hydroxylation is 1. The van der Waals surface area contributed by atoms with E-state index in [2.05, 4.69) is 25.6 Å². The summed E-state index contributed by atoms with van der Waals surface area (Å²) in [5, 5.41) is 4.41. The molecule has 2 aromatic carbocycles. The largest absolute Gasteiger partial charge is 0.497 e. The molecule has 13 heteroatoms. The first-order valence-corrected chi connectivity index (χ1v) is 12.6. The van der Waals surface area contributed by atoms with Crippen molar-refractivity contribution in [1.29, 1.82) is 0 Å². The molecular weight excluding hydrogens is 563 g/mol. The Labute approximate surface area is 238 Å². The molecule has 0 aliphatic heterocycles. The lowest BCUT2D eigenvalue weighted by atomic mass is 10.2. The van der Waals surface area contributed by atoms with E-state index >= 15 is 0 Å². The summed E-state index contributed by atoms with van der Waals surface area (Å²) < 4.78 is 56.1. The van der Waals surface area contributed by atoms with Crippen molar-refractivity contribution in [2.75, 3.05) is 24.4 Å². The molecule has 214 valence electrons. The Kier molecular flexibility index (Phi) is 9.13. The molecule has 0 unspecified atom stereocenters. The zero-order valence-corrected chi connectivity index (χ0v) is 22.9. The average molecular weight is 588 g/mol. The number of carbonyl (C=O) groups excluding carboxylic acids is 1. The minimum absolute atomic E-state index is 0.0869. The Bertz CT molecular complexity index is 1530. The Hall–Kier alpha value is -4.58. The van der Waals surface area contributed by atoms with Gasteiger partial charge in [-0.3, -0.25) is 0 Å². The number of benzene rings is 2. The van der Waals surface area contributed by atoms with E-state index < -0.39 is 22.8 Å². The van der Waals surface area contributed by atoms with E-state index in [1.54, 1.807) is 20.1 Å². The smallest absolute Gasteiger partial charge is 0.417 e. The number of alkyl halides is 3. The lowest BCUT2D eigenvalue weighted by Crippen LogP contribution is -2.21. The van der Waals surface area contributed by atoms with E-state index in [1.807, 2.05) is 31.2 Å². The topological polar surface area (TPSA) is 107 Å². The van der Waals surface area contributed by atoms with Crippen molar-refractivity contribution in [1.82, 2.24) is 15.0 Å². The number of nitrogens with zero attached hydrogens (tertiary/aromatic N) is 3. The Morgan fingerprint density at radius 2 is 1.76 bits per heavy atom. The molecule has 0 aliphatic rings.